The van der Waals surface area contributed by atoms with Crippen LogP contribution in [0, 0.1) is 0 Å². The van der Waals surface area contributed by atoms with Crippen molar-refractivity contribution >= 4 is 17.2 Å². The SMILES string of the molecule is CCOc1ccc(C2CC(=O)C3=C(C2)Nc2ccccc2NC3c2cccc(Oc3ccccc3)c2)cc1. The molecule has 5 heteroatoms. The Balaban J connectivity index is 1.37. The third-order valence-corrected chi connectivity index (χ3v) is 7.14. The van der Waals surface area contributed by atoms with Gasteiger partial charge in [-0.3, -0.25) is 4.79 Å². The Bertz CT molecular complexity index is 1480. The number of benzene rings is 4. The van der Waals surface area contributed by atoms with Gasteiger partial charge >= 0.3 is 0 Å². The molecule has 38 heavy (non-hydrogen) atoms. The van der Waals surface area contributed by atoms with E-state index in [0.29, 0.717) is 13.0 Å². The fourth-order valence-electron chi connectivity index (χ4n) is 5.36. The minimum atomic E-state index is -0.297. The number of hydrogen-bond donors (Lipinski definition) is 2. The van der Waals surface area contributed by atoms with Crippen LogP contribution in [-0.4, -0.2) is 12.4 Å². The molecule has 4 aromatic rings. The first-order valence-corrected chi connectivity index (χ1v) is 13.1. The van der Waals surface area contributed by atoms with Crippen molar-refractivity contribution in [2.75, 3.05) is 17.2 Å². The number of allylic oxidation sites excluding steroid dienone is 1. The highest BCUT2D eigenvalue weighted by Crippen LogP contribution is 2.44. The summed E-state index contributed by atoms with van der Waals surface area (Å²) >= 11 is 0. The monoisotopic (exact) mass is 502 g/mol. The number of ether oxygens (including phenoxy) is 2. The van der Waals surface area contributed by atoms with Crippen molar-refractivity contribution in [3.8, 4) is 17.2 Å². The Morgan fingerprint density at radius 2 is 1.47 bits per heavy atom. The lowest BCUT2D eigenvalue weighted by Crippen LogP contribution is -2.26. The normalized spacial score (nSPS) is 18.4. The van der Waals surface area contributed by atoms with Gasteiger partial charge < -0.3 is 20.1 Å². The van der Waals surface area contributed by atoms with Gasteiger partial charge in [-0.1, -0.05) is 54.6 Å². The van der Waals surface area contributed by atoms with Gasteiger partial charge in [-0.15, -0.1) is 0 Å². The van der Waals surface area contributed by atoms with E-state index < -0.39 is 0 Å². The molecule has 1 aliphatic carbocycles. The molecule has 2 atom stereocenters. The van der Waals surface area contributed by atoms with Gasteiger partial charge in [0.05, 0.1) is 24.0 Å². The van der Waals surface area contributed by atoms with Gasteiger partial charge in [-0.25, -0.2) is 0 Å². The molecule has 0 amide bonds. The van der Waals surface area contributed by atoms with Gasteiger partial charge in [0.2, 0.25) is 0 Å². The number of Topliss-reactive ketones (excluding diaryl/α,β-unsaturated/α-hetero) is 1. The van der Waals surface area contributed by atoms with E-state index >= 15 is 0 Å². The van der Waals surface area contributed by atoms with Crippen LogP contribution in [0.4, 0.5) is 11.4 Å². The van der Waals surface area contributed by atoms with Gasteiger partial charge in [0.1, 0.15) is 17.2 Å². The first-order valence-electron chi connectivity index (χ1n) is 13.1. The molecular formula is C33H30N2O3. The average Bonchev–Trinajstić information content (AvgIpc) is 3.11. The van der Waals surface area contributed by atoms with Crippen molar-refractivity contribution in [3.63, 3.8) is 0 Å². The maximum Gasteiger partial charge on any atom is 0.163 e. The highest BCUT2D eigenvalue weighted by atomic mass is 16.5. The third-order valence-electron chi connectivity index (χ3n) is 7.14. The van der Waals surface area contributed by atoms with E-state index in [1.807, 2.05) is 85.8 Å². The number of para-hydroxylation sites is 3. The molecule has 2 unspecified atom stereocenters. The largest absolute Gasteiger partial charge is 0.494 e. The summed E-state index contributed by atoms with van der Waals surface area (Å²) in [5.41, 5.74) is 5.83. The summed E-state index contributed by atoms with van der Waals surface area (Å²) in [6.07, 6.45) is 1.21. The molecule has 1 aliphatic heterocycles. The fourth-order valence-corrected chi connectivity index (χ4v) is 5.36. The Kier molecular flexibility index (Phi) is 6.57. The molecule has 5 nitrogen and oxygen atoms in total. The lowest BCUT2D eigenvalue weighted by Gasteiger charge is -2.30. The molecule has 1 heterocycles. The fraction of sp³-hybridized carbons (Fsp3) is 0.182. The third kappa shape index (κ3) is 4.88. The molecule has 0 fully saturated rings. The number of carbonyl (C=O) groups is 1. The Morgan fingerprint density at radius 3 is 2.26 bits per heavy atom. The Hall–Kier alpha value is -4.51. The molecular weight excluding hydrogens is 472 g/mol. The van der Waals surface area contributed by atoms with Crippen molar-refractivity contribution < 1.29 is 14.3 Å². The number of fused-ring (bicyclic) bond motifs is 1. The molecule has 190 valence electrons. The minimum Gasteiger partial charge on any atom is -0.494 e. The van der Waals surface area contributed by atoms with Crippen molar-refractivity contribution in [1.82, 2.24) is 0 Å². The minimum absolute atomic E-state index is 0.100. The van der Waals surface area contributed by atoms with Crippen LogP contribution in [0.5, 0.6) is 17.2 Å². The van der Waals surface area contributed by atoms with Crippen molar-refractivity contribution in [1.29, 1.82) is 0 Å². The molecule has 2 aliphatic rings. The van der Waals surface area contributed by atoms with Crippen molar-refractivity contribution in [2.45, 2.75) is 31.7 Å². The molecule has 0 radical (unpaired) electrons. The van der Waals surface area contributed by atoms with Crippen LogP contribution < -0.4 is 20.1 Å². The summed E-state index contributed by atoms with van der Waals surface area (Å²) in [4.78, 5) is 13.9. The molecule has 0 spiro atoms. The van der Waals surface area contributed by atoms with E-state index in [2.05, 4.69) is 34.9 Å². The van der Waals surface area contributed by atoms with Crippen molar-refractivity contribution in [3.05, 3.63) is 126 Å². The standard InChI is InChI=1S/C33H30N2O3/c1-2-37-25-17-15-22(16-18-25)24-20-30-32(31(36)21-24)33(35-29-14-7-6-13-28(29)34-30)23-9-8-12-27(19-23)38-26-10-4-3-5-11-26/h3-19,24,33-35H,2,20-21H2,1H3. The van der Waals surface area contributed by atoms with Gasteiger partial charge in [0, 0.05) is 17.7 Å². The molecule has 0 aromatic heterocycles. The predicted octanol–water partition coefficient (Wildman–Crippen LogP) is 7.86. The molecule has 0 saturated carbocycles. The second kappa shape index (κ2) is 10.5. The predicted molar refractivity (Wildman–Crippen MR) is 151 cm³/mol. The van der Waals surface area contributed by atoms with Crippen LogP contribution in [0.3, 0.4) is 0 Å². The molecule has 6 rings (SSSR count). The zero-order valence-electron chi connectivity index (χ0n) is 21.3. The maximum absolute atomic E-state index is 13.9. The second-order valence-corrected chi connectivity index (χ2v) is 9.66. The number of carbonyl (C=O) groups excluding carboxylic acids is 1. The maximum atomic E-state index is 13.9. The summed E-state index contributed by atoms with van der Waals surface area (Å²) in [5.74, 6) is 2.61. The van der Waals surface area contributed by atoms with Gasteiger partial charge in [-0.05, 0) is 78.9 Å². The molecule has 2 N–H and O–H groups in total. The number of ketones is 1. The lowest BCUT2D eigenvalue weighted by molar-refractivity contribution is -0.116. The van der Waals surface area contributed by atoms with E-state index in [4.69, 9.17) is 9.47 Å². The second-order valence-electron chi connectivity index (χ2n) is 9.66. The summed E-state index contributed by atoms with van der Waals surface area (Å²) in [6, 6.07) is 33.7. The highest BCUT2D eigenvalue weighted by Gasteiger charge is 2.36. The zero-order valence-corrected chi connectivity index (χ0v) is 21.3. The average molecular weight is 503 g/mol. The van der Waals surface area contributed by atoms with Crippen LogP contribution in [0.2, 0.25) is 0 Å². The summed E-state index contributed by atoms with van der Waals surface area (Å²) in [6.45, 7) is 2.61. The van der Waals surface area contributed by atoms with E-state index in [9.17, 15) is 4.79 Å². The van der Waals surface area contributed by atoms with E-state index in [1.54, 1.807) is 0 Å². The Morgan fingerprint density at radius 1 is 0.737 bits per heavy atom. The van der Waals surface area contributed by atoms with Crippen LogP contribution in [0.1, 0.15) is 42.9 Å². The zero-order chi connectivity index (χ0) is 25.9. The van der Waals surface area contributed by atoms with Crippen LogP contribution in [0.25, 0.3) is 0 Å². The smallest absolute Gasteiger partial charge is 0.163 e. The Labute approximate surface area is 223 Å². The molecule has 4 aromatic carbocycles. The van der Waals surface area contributed by atoms with E-state index in [-0.39, 0.29) is 17.7 Å². The first-order chi connectivity index (χ1) is 18.7. The number of rotatable bonds is 6. The van der Waals surface area contributed by atoms with Gasteiger partial charge in [-0.2, -0.15) is 0 Å². The first kappa shape index (κ1) is 23.9. The molecule has 0 saturated heterocycles. The highest BCUT2D eigenvalue weighted by molar-refractivity contribution is 6.01. The van der Waals surface area contributed by atoms with Crippen molar-refractivity contribution in [2.24, 2.45) is 0 Å². The summed E-state index contributed by atoms with van der Waals surface area (Å²) < 4.78 is 11.7. The quantitative estimate of drug-likeness (QED) is 0.281. The summed E-state index contributed by atoms with van der Waals surface area (Å²) in [7, 11) is 0. The number of nitrogens with one attached hydrogen (secondary N) is 2. The molecule has 0 bridgehead atoms. The van der Waals surface area contributed by atoms with E-state index in [1.165, 1.54) is 0 Å². The van der Waals surface area contributed by atoms with Gasteiger partial charge in [0.25, 0.3) is 0 Å². The summed E-state index contributed by atoms with van der Waals surface area (Å²) in [5, 5.41) is 7.28. The van der Waals surface area contributed by atoms with Crippen LogP contribution in [0.15, 0.2) is 114 Å². The van der Waals surface area contributed by atoms with Crippen LogP contribution in [-0.2, 0) is 4.79 Å². The number of anilines is 2. The van der Waals surface area contributed by atoms with Gasteiger partial charge in [0.15, 0.2) is 5.78 Å². The van der Waals surface area contributed by atoms with Crippen LogP contribution >= 0.6 is 0 Å². The van der Waals surface area contributed by atoms with E-state index in [0.717, 1.165) is 57.4 Å². The topological polar surface area (TPSA) is 59.6 Å². The lowest BCUT2D eigenvalue weighted by atomic mass is 9.78. The number of hydrogen-bond acceptors (Lipinski definition) is 5.